The number of urea groups is 1. The van der Waals surface area contributed by atoms with Gasteiger partial charge in [-0.05, 0) is 37.0 Å². The largest absolute Gasteiger partial charge is 0.481 e. The van der Waals surface area contributed by atoms with Crippen LogP contribution < -0.4 is 5.32 Å². The summed E-state index contributed by atoms with van der Waals surface area (Å²) >= 11 is 3.48. The van der Waals surface area contributed by atoms with E-state index in [9.17, 15) is 9.59 Å². The number of carboxylic acids is 1. The Bertz CT molecular complexity index is 782. The van der Waals surface area contributed by atoms with Gasteiger partial charge in [-0.2, -0.15) is 0 Å². The van der Waals surface area contributed by atoms with E-state index < -0.39 is 5.97 Å². The van der Waals surface area contributed by atoms with Gasteiger partial charge in [-0.25, -0.2) is 4.79 Å². The fourth-order valence-electron chi connectivity index (χ4n) is 4.55. The topological polar surface area (TPSA) is 82.0 Å². The Kier molecular flexibility index (Phi) is 14.7. The molecule has 0 aliphatic carbocycles. The Morgan fingerprint density at radius 1 is 0.943 bits per heavy atom. The molecule has 1 aromatic carbocycles. The van der Waals surface area contributed by atoms with E-state index in [1.807, 2.05) is 17.0 Å². The molecular formula is C28H44BrN3O3. The standard InChI is InChI=1S/C28H44BrN3O3/c1-2-3-4-9-12-15-25-27(30-21-14-11-8-6-5-7-10-13-16-26(33)34)31-28(35)32(25)22-23-17-19-24(29)20-18-23/h17-20,25H,2-16,21-22H2,1H3,(H,33,34)(H,30,31,35). The van der Waals surface area contributed by atoms with Crippen LogP contribution in [0.25, 0.3) is 0 Å². The summed E-state index contributed by atoms with van der Waals surface area (Å²) in [6, 6.07) is 8.18. The number of rotatable bonds is 19. The summed E-state index contributed by atoms with van der Waals surface area (Å²) in [6.07, 6.45) is 16.0. The van der Waals surface area contributed by atoms with Gasteiger partial charge in [0, 0.05) is 24.0 Å². The van der Waals surface area contributed by atoms with Crippen LogP contribution in [0.5, 0.6) is 0 Å². The quantitative estimate of drug-likeness (QED) is 0.173. The molecule has 0 radical (unpaired) electrons. The molecular weight excluding hydrogens is 506 g/mol. The summed E-state index contributed by atoms with van der Waals surface area (Å²) in [7, 11) is 0. The van der Waals surface area contributed by atoms with Crippen LogP contribution in [0.3, 0.4) is 0 Å². The second-order valence-corrected chi connectivity index (χ2v) is 10.6. The van der Waals surface area contributed by atoms with Crippen molar-refractivity contribution in [3.8, 4) is 0 Å². The number of carbonyl (C=O) groups excluding carboxylic acids is 1. The lowest BCUT2D eigenvalue weighted by Gasteiger charge is -2.23. The van der Waals surface area contributed by atoms with Crippen molar-refractivity contribution in [3.63, 3.8) is 0 Å². The third kappa shape index (κ3) is 12.1. The zero-order chi connectivity index (χ0) is 25.3. The predicted octanol–water partition coefficient (Wildman–Crippen LogP) is 7.70. The van der Waals surface area contributed by atoms with Crippen molar-refractivity contribution in [3.05, 3.63) is 34.3 Å². The number of aliphatic carboxylic acids is 1. The normalized spacial score (nSPS) is 16.7. The second-order valence-electron chi connectivity index (χ2n) is 9.64. The lowest BCUT2D eigenvalue weighted by Crippen LogP contribution is -2.34. The predicted molar refractivity (Wildman–Crippen MR) is 147 cm³/mol. The molecule has 2 rings (SSSR count). The van der Waals surface area contributed by atoms with Crippen molar-refractivity contribution in [2.45, 2.75) is 116 Å². The molecule has 35 heavy (non-hydrogen) atoms. The number of unbranched alkanes of at least 4 members (excludes halogenated alkanes) is 11. The van der Waals surface area contributed by atoms with E-state index in [0.29, 0.717) is 6.54 Å². The minimum absolute atomic E-state index is 0.0341. The molecule has 1 heterocycles. The molecule has 1 saturated heterocycles. The van der Waals surface area contributed by atoms with Gasteiger partial charge in [0.2, 0.25) is 0 Å². The van der Waals surface area contributed by atoms with Crippen molar-refractivity contribution in [2.75, 3.05) is 6.54 Å². The van der Waals surface area contributed by atoms with Gasteiger partial charge in [-0.3, -0.25) is 15.1 Å². The number of amidine groups is 1. The Labute approximate surface area is 220 Å². The third-order valence-electron chi connectivity index (χ3n) is 6.62. The van der Waals surface area contributed by atoms with Gasteiger partial charge in [-0.15, -0.1) is 0 Å². The molecule has 1 atom stereocenters. The van der Waals surface area contributed by atoms with Crippen LogP contribution in [0.4, 0.5) is 4.79 Å². The molecule has 6 nitrogen and oxygen atoms in total. The lowest BCUT2D eigenvalue weighted by atomic mass is 10.0. The fourth-order valence-corrected chi connectivity index (χ4v) is 4.81. The summed E-state index contributed by atoms with van der Waals surface area (Å²) < 4.78 is 1.04. The molecule has 2 amide bonds. The molecule has 2 N–H and O–H groups in total. The van der Waals surface area contributed by atoms with Crippen molar-refractivity contribution < 1.29 is 14.7 Å². The number of hydrogen-bond acceptors (Lipinski definition) is 3. The molecule has 1 unspecified atom stereocenters. The molecule has 1 aliphatic rings. The van der Waals surface area contributed by atoms with E-state index >= 15 is 0 Å². The fraction of sp³-hybridized carbons (Fsp3) is 0.679. The minimum Gasteiger partial charge on any atom is -0.481 e. The van der Waals surface area contributed by atoms with E-state index in [4.69, 9.17) is 10.1 Å². The highest BCUT2D eigenvalue weighted by molar-refractivity contribution is 9.10. The number of halogens is 1. The van der Waals surface area contributed by atoms with E-state index in [-0.39, 0.29) is 18.5 Å². The van der Waals surface area contributed by atoms with Gasteiger partial charge in [-0.1, -0.05) is 106 Å². The number of nitrogens with zero attached hydrogens (tertiary/aromatic N) is 2. The molecule has 196 valence electrons. The molecule has 1 aromatic rings. The van der Waals surface area contributed by atoms with Crippen LogP contribution in [-0.2, 0) is 11.3 Å². The van der Waals surface area contributed by atoms with Crippen molar-refractivity contribution in [2.24, 2.45) is 4.99 Å². The molecule has 1 fully saturated rings. The molecule has 0 aromatic heterocycles. The third-order valence-corrected chi connectivity index (χ3v) is 7.14. The second kappa shape index (κ2) is 17.5. The van der Waals surface area contributed by atoms with Gasteiger partial charge in [0.1, 0.15) is 5.84 Å². The van der Waals surface area contributed by atoms with Crippen LogP contribution in [0, 0.1) is 0 Å². The number of benzene rings is 1. The highest BCUT2D eigenvalue weighted by atomic mass is 79.9. The molecule has 0 bridgehead atoms. The first-order chi connectivity index (χ1) is 17.0. The van der Waals surface area contributed by atoms with Gasteiger partial charge in [0.15, 0.2) is 0 Å². The number of carboxylic acid groups (broad SMARTS) is 1. The first-order valence-electron chi connectivity index (χ1n) is 13.6. The van der Waals surface area contributed by atoms with Crippen molar-refractivity contribution >= 4 is 33.8 Å². The maximum Gasteiger partial charge on any atom is 0.323 e. The summed E-state index contributed by atoms with van der Waals surface area (Å²) in [5.74, 6) is 0.154. The van der Waals surface area contributed by atoms with E-state index in [1.54, 1.807) is 0 Å². The number of amides is 2. The van der Waals surface area contributed by atoms with E-state index in [1.165, 1.54) is 44.9 Å². The average molecular weight is 551 g/mol. The van der Waals surface area contributed by atoms with Crippen LogP contribution in [0.15, 0.2) is 33.7 Å². The Morgan fingerprint density at radius 2 is 1.54 bits per heavy atom. The van der Waals surface area contributed by atoms with Crippen LogP contribution in [-0.4, -0.2) is 40.4 Å². The van der Waals surface area contributed by atoms with Gasteiger partial charge in [0.25, 0.3) is 0 Å². The minimum atomic E-state index is -0.694. The van der Waals surface area contributed by atoms with Crippen LogP contribution in [0.1, 0.15) is 109 Å². The molecule has 1 aliphatic heterocycles. The number of nitrogens with one attached hydrogen (secondary N) is 1. The highest BCUT2D eigenvalue weighted by Gasteiger charge is 2.35. The first kappa shape index (κ1) is 29.3. The average Bonchev–Trinajstić information content (AvgIpc) is 3.12. The van der Waals surface area contributed by atoms with Crippen LogP contribution >= 0.6 is 15.9 Å². The smallest absolute Gasteiger partial charge is 0.323 e. The Balaban J connectivity index is 1.78. The molecule has 0 saturated carbocycles. The summed E-state index contributed by atoms with van der Waals surface area (Å²) in [5.41, 5.74) is 1.13. The number of hydrogen-bond donors (Lipinski definition) is 2. The maximum absolute atomic E-state index is 12.8. The number of aliphatic imine (C=N–C) groups is 1. The van der Waals surface area contributed by atoms with Crippen molar-refractivity contribution in [1.29, 1.82) is 0 Å². The van der Waals surface area contributed by atoms with E-state index in [0.717, 1.165) is 67.4 Å². The number of carbonyl (C=O) groups is 2. The highest BCUT2D eigenvalue weighted by Crippen LogP contribution is 2.22. The monoisotopic (exact) mass is 549 g/mol. The van der Waals surface area contributed by atoms with Crippen molar-refractivity contribution in [1.82, 2.24) is 10.2 Å². The summed E-state index contributed by atoms with van der Waals surface area (Å²) in [4.78, 5) is 30.1. The Hall–Kier alpha value is -1.89. The van der Waals surface area contributed by atoms with Crippen LogP contribution in [0.2, 0.25) is 0 Å². The SMILES string of the molecule is CCCCCCCC1C(=NCCCCCCCCCCC(=O)O)NC(=O)N1Cc1ccc(Br)cc1. The Morgan fingerprint density at radius 3 is 2.20 bits per heavy atom. The van der Waals surface area contributed by atoms with E-state index in [2.05, 4.69) is 40.3 Å². The van der Waals surface area contributed by atoms with Gasteiger partial charge < -0.3 is 10.0 Å². The van der Waals surface area contributed by atoms with Gasteiger partial charge >= 0.3 is 12.0 Å². The zero-order valence-corrected chi connectivity index (χ0v) is 23.0. The zero-order valence-electron chi connectivity index (χ0n) is 21.4. The summed E-state index contributed by atoms with van der Waals surface area (Å²) in [6.45, 7) is 3.59. The summed E-state index contributed by atoms with van der Waals surface area (Å²) in [5, 5.41) is 11.7. The first-order valence-corrected chi connectivity index (χ1v) is 14.4. The molecule has 0 spiro atoms. The van der Waals surface area contributed by atoms with Gasteiger partial charge in [0.05, 0.1) is 6.04 Å². The molecule has 7 heteroatoms. The maximum atomic E-state index is 12.8. The lowest BCUT2D eigenvalue weighted by molar-refractivity contribution is -0.137.